The number of amides is 3. The minimum atomic E-state index is -0.457. The van der Waals surface area contributed by atoms with Crippen LogP contribution < -0.4 is 10.6 Å². The third kappa shape index (κ3) is 4.58. The van der Waals surface area contributed by atoms with Crippen molar-refractivity contribution in [1.29, 1.82) is 0 Å². The summed E-state index contributed by atoms with van der Waals surface area (Å²) in [6.07, 6.45) is 6.91. The number of thioether (sulfide) groups is 1. The quantitative estimate of drug-likeness (QED) is 0.585. The molecule has 0 bridgehead atoms. The Morgan fingerprint density at radius 1 is 1.25 bits per heavy atom. The van der Waals surface area contributed by atoms with Gasteiger partial charge in [-0.1, -0.05) is 11.8 Å². The molecule has 1 saturated carbocycles. The Bertz CT molecular complexity index is 953. The number of urea groups is 1. The summed E-state index contributed by atoms with van der Waals surface area (Å²) in [5.41, 5.74) is 0.807. The van der Waals surface area contributed by atoms with Gasteiger partial charge in [0.05, 0.1) is 18.6 Å². The first-order valence-corrected chi connectivity index (χ1v) is 9.77. The maximum atomic E-state index is 12.1. The van der Waals surface area contributed by atoms with Crippen molar-refractivity contribution in [2.24, 2.45) is 0 Å². The molecule has 4 rings (SSSR count). The van der Waals surface area contributed by atoms with Gasteiger partial charge < -0.3 is 9.73 Å². The highest BCUT2D eigenvalue weighted by Crippen LogP contribution is 2.25. The second-order valence-electron chi connectivity index (χ2n) is 6.30. The molecule has 0 saturated heterocycles. The molecule has 3 aromatic heterocycles. The van der Waals surface area contributed by atoms with Crippen LogP contribution in [0.1, 0.15) is 18.6 Å². The topological polar surface area (TPSA) is 115 Å². The molecular weight excluding hydrogens is 380 g/mol. The van der Waals surface area contributed by atoms with Crippen LogP contribution in [0.25, 0.3) is 11.4 Å². The molecule has 9 nitrogen and oxygen atoms in total. The van der Waals surface area contributed by atoms with Crippen molar-refractivity contribution in [3.05, 3.63) is 48.7 Å². The monoisotopic (exact) mass is 398 g/mol. The minimum Gasteiger partial charge on any atom is -0.467 e. The number of nitrogens with one attached hydrogen (secondary N) is 2. The van der Waals surface area contributed by atoms with Crippen LogP contribution >= 0.6 is 11.8 Å². The van der Waals surface area contributed by atoms with Crippen LogP contribution in [0.2, 0.25) is 0 Å². The number of hydrogen-bond acceptors (Lipinski definition) is 7. The summed E-state index contributed by atoms with van der Waals surface area (Å²) in [5.74, 6) is 1.01. The highest BCUT2D eigenvalue weighted by atomic mass is 32.2. The Morgan fingerprint density at radius 2 is 2.14 bits per heavy atom. The molecule has 0 aliphatic heterocycles. The summed E-state index contributed by atoms with van der Waals surface area (Å²) in [5, 5.41) is 14.1. The van der Waals surface area contributed by atoms with E-state index < -0.39 is 11.9 Å². The van der Waals surface area contributed by atoms with Gasteiger partial charge in [-0.05, 0) is 37.1 Å². The van der Waals surface area contributed by atoms with E-state index in [1.807, 2.05) is 28.8 Å². The van der Waals surface area contributed by atoms with Gasteiger partial charge in [0.1, 0.15) is 5.76 Å². The van der Waals surface area contributed by atoms with Gasteiger partial charge in [-0.25, -0.2) is 4.79 Å². The Morgan fingerprint density at radius 3 is 2.86 bits per heavy atom. The minimum absolute atomic E-state index is 0.0431. The van der Waals surface area contributed by atoms with E-state index in [0.717, 1.165) is 24.2 Å². The van der Waals surface area contributed by atoms with Crippen LogP contribution in [0.4, 0.5) is 4.79 Å². The largest absolute Gasteiger partial charge is 0.467 e. The molecule has 0 aromatic carbocycles. The normalized spacial score (nSPS) is 13.3. The lowest BCUT2D eigenvalue weighted by molar-refractivity contribution is -0.117. The van der Waals surface area contributed by atoms with E-state index in [1.165, 1.54) is 11.8 Å². The van der Waals surface area contributed by atoms with E-state index in [0.29, 0.717) is 17.5 Å². The van der Waals surface area contributed by atoms with Crippen molar-refractivity contribution in [1.82, 2.24) is 30.4 Å². The fourth-order valence-corrected chi connectivity index (χ4v) is 3.28. The van der Waals surface area contributed by atoms with E-state index in [2.05, 4.69) is 25.8 Å². The highest BCUT2D eigenvalue weighted by Gasteiger charge is 2.24. The molecule has 1 aliphatic carbocycles. The summed E-state index contributed by atoms with van der Waals surface area (Å²) in [6.45, 7) is 0.413. The average Bonchev–Trinajstić information content (AvgIpc) is 3.19. The number of hydrogen-bond donors (Lipinski definition) is 2. The van der Waals surface area contributed by atoms with Crippen molar-refractivity contribution < 1.29 is 14.0 Å². The summed E-state index contributed by atoms with van der Waals surface area (Å²) >= 11 is 1.20. The lowest BCUT2D eigenvalue weighted by Gasteiger charge is -2.09. The molecule has 1 aliphatic rings. The number of rotatable bonds is 7. The fourth-order valence-electron chi connectivity index (χ4n) is 2.55. The highest BCUT2D eigenvalue weighted by molar-refractivity contribution is 7.99. The fraction of sp³-hybridized carbons (Fsp3) is 0.278. The van der Waals surface area contributed by atoms with Crippen LogP contribution in [0.3, 0.4) is 0 Å². The van der Waals surface area contributed by atoms with Gasteiger partial charge in [0.15, 0.2) is 11.0 Å². The predicted molar refractivity (Wildman–Crippen MR) is 101 cm³/mol. The van der Waals surface area contributed by atoms with E-state index in [9.17, 15) is 9.59 Å². The Balaban J connectivity index is 1.47. The van der Waals surface area contributed by atoms with E-state index in [-0.39, 0.29) is 11.8 Å². The van der Waals surface area contributed by atoms with Crippen molar-refractivity contribution in [2.45, 2.75) is 30.6 Å². The zero-order valence-electron chi connectivity index (χ0n) is 14.9. The maximum Gasteiger partial charge on any atom is 0.321 e. The first-order valence-electron chi connectivity index (χ1n) is 8.78. The standard InChI is InChI=1S/C18H18N6O3S/c25-15(21-17(26)20-13-5-6-13)11-28-18-23-22-16(12-3-1-7-19-9-12)24(18)10-14-4-2-8-27-14/h1-4,7-9,13H,5-6,10-11H2,(H2,20,21,25,26). The molecule has 0 radical (unpaired) electrons. The molecule has 0 atom stereocenters. The molecule has 3 heterocycles. The molecule has 28 heavy (non-hydrogen) atoms. The lowest BCUT2D eigenvalue weighted by Crippen LogP contribution is -2.41. The number of aromatic nitrogens is 4. The number of furan rings is 1. The molecule has 10 heteroatoms. The number of carbonyl (C=O) groups excluding carboxylic acids is 2. The van der Waals surface area contributed by atoms with Crippen molar-refractivity contribution in [3.8, 4) is 11.4 Å². The summed E-state index contributed by atoms with van der Waals surface area (Å²) < 4.78 is 7.30. The SMILES string of the molecule is O=C(CSc1nnc(-c2cccnc2)n1Cc1ccco1)NC(=O)NC1CC1. The van der Waals surface area contributed by atoms with E-state index >= 15 is 0 Å². The molecule has 0 spiro atoms. The Labute approximate surface area is 164 Å². The van der Waals surface area contributed by atoms with Crippen LogP contribution in [0, 0.1) is 0 Å². The number of nitrogens with zero attached hydrogens (tertiary/aromatic N) is 4. The molecule has 3 aromatic rings. The predicted octanol–water partition coefficient (Wildman–Crippen LogP) is 2.06. The summed E-state index contributed by atoms with van der Waals surface area (Å²) in [4.78, 5) is 27.9. The van der Waals surface area contributed by atoms with E-state index in [4.69, 9.17) is 4.42 Å². The Kier molecular flexibility index (Phi) is 5.38. The van der Waals surface area contributed by atoms with Crippen molar-refractivity contribution in [2.75, 3.05) is 5.75 Å². The molecular formula is C18H18N6O3S. The smallest absolute Gasteiger partial charge is 0.321 e. The van der Waals surface area contributed by atoms with Crippen LogP contribution in [-0.4, -0.2) is 43.5 Å². The second-order valence-corrected chi connectivity index (χ2v) is 7.24. The van der Waals surface area contributed by atoms with Gasteiger partial charge in [-0.15, -0.1) is 10.2 Å². The van der Waals surface area contributed by atoms with Gasteiger partial charge in [-0.2, -0.15) is 0 Å². The lowest BCUT2D eigenvalue weighted by atomic mass is 10.2. The van der Waals surface area contributed by atoms with Gasteiger partial charge in [0.2, 0.25) is 5.91 Å². The zero-order chi connectivity index (χ0) is 19.3. The summed E-state index contributed by atoms with van der Waals surface area (Å²) in [7, 11) is 0. The first-order chi connectivity index (χ1) is 13.7. The molecule has 0 unspecified atom stereocenters. The average molecular weight is 398 g/mol. The molecule has 144 valence electrons. The zero-order valence-corrected chi connectivity index (χ0v) is 15.7. The maximum absolute atomic E-state index is 12.1. The second kappa shape index (κ2) is 8.26. The van der Waals surface area contributed by atoms with Gasteiger partial charge >= 0.3 is 6.03 Å². The Hall–Kier alpha value is -3.14. The van der Waals surface area contributed by atoms with Gasteiger partial charge in [0, 0.05) is 24.0 Å². The summed E-state index contributed by atoms with van der Waals surface area (Å²) in [6, 6.07) is 7.11. The number of pyridine rings is 1. The third-order valence-electron chi connectivity index (χ3n) is 4.03. The first kappa shape index (κ1) is 18.2. The van der Waals surface area contributed by atoms with Crippen LogP contribution in [0.15, 0.2) is 52.5 Å². The van der Waals surface area contributed by atoms with Crippen molar-refractivity contribution >= 4 is 23.7 Å². The molecule has 3 amide bonds. The third-order valence-corrected chi connectivity index (χ3v) is 5.00. The molecule has 2 N–H and O–H groups in total. The number of imide groups is 1. The van der Waals surface area contributed by atoms with Crippen LogP contribution in [-0.2, 0) is 11.3 Å². The van der Waals surface area contributed by atoms with E-state index in [1.54, 1.807) is 18.7 Å². The van der Waals surface area contributed by atoms with Crippen molar-refractivity contribution in [3.63, 3.8) is 0 Å². The molecule has 1 fully saturated rings. The number of carbonyl (C=O) groups is 2. The van der Waals surface area contributed by atoms with Gasteiger partial charge in [0.25, 0.3) is 0 Å². The van der Waals surface area contributed by atoms with Gasteiger partial charge in [-0.3, -0.25) is 19.7 Å². The van der Waals surface area contributed by atoms with Crippen LogP contribution in [0.5, 0.6) is 0 Å².